The third-order valence-corrected chi connectivity index (χ3v) is 3.74. The first-order valence-corrected chi connectivity index (χ1v) is 6.58. The van der Waals surface area contributed by atoms with Gasteiger partial charge in [-0.15, -0.1) is 0 Å². The van der Waals surface area contributed by atoms with Crippen LogP contribution in [-0.2, 0) is 23.0 Å². The average Bonchev–Trinajstić information content (AvgIpc) is 2.15. The normalized spacial score (nSPS) is 17.5. The molecule has 1 aromatic heterocycles. The predicted octanol–water partition coefficient (Wildman–Crippen LogP) is 0.103. The van der Waals surface area contributed by atoms with Crippen LogP contribution in [0.4, 0.5) is 0 Å². The number of aryl methyl sites for hydroxylation is 1. The van der Waals surface area contributed by atoms with Gasteiger partial charge in [-0.3, -0.25) is 0 Å². The molecule has 2 rings (SSSR count). The van der Waals surface area contributed by atoms with E-state index in [0.29, 0.717) is 19.5 Å². The Bertz CT molecular complexity index is 484. The van der Waals surface area contributed by atoms with Crippen LogP contribution in [-0.4, -0.2) is 35.5 Å². The van der Waals surface area contributed by atoms with Crippen molar-refractivity contribution >= 4 is 10.0 Å². The lowest BCUT2D eigenvalue weighted by molar-refractivity contribution is 0.390. The van der Waals surface area contributed by atoms with E-state index in [9.17, 15) is 8.42 Å². The van der Waals surface area contributed by atoms with Gasteiger partial charge in [0.2, 0.25) is 10.0 Å². The molecule has 82 valence electrons. The van der Waals surface area contributed by atoms with E-state index in [2.05, 4.69) is 9.97 Å². The van der Waals surface area contributed by atoms with Gasteiger partial charge in [0.05, 0.1) is 6.26 Å². The van der Waals surface area contributed by atoms with Crippen LogP contribution in [0.2, 0.25) is 0 Å². The highest BCUT2D eigenvalue weighted by Gasteiger charge is 2.23. The van der Waals surface area contributed by atoms with Crippen molar-refractivity contribution in [2.45, 2.75) is 19.9 Å². The van der Waals surface area contributed by atoms with Crippen molar-refractivity contribution in [2.75, 3.05) is 12.8 Å². The fraction of sp³-hybridized carbons (Fsp3) is 0.556. The molecule has 1 aliphatic heterocycles. The number of rotatable bonds is 1. The molecule has 0 unspecified atom stereocenters. The maximum Gasteiger partial charge on any atom is 0.211 e. The van der Waals surface area contributed by atoms with Crippen LogP contribution < -0.4 is 0 Å². The first-order chi connectivity index (χ1) is 6.97. The highest BCUT2D eigenvalue weighted by Crippen LogP contribution is 2.18. The molecule has 0 N–H and O–H groups in total. The third kappa shape index (κ3) is 2.15. The fourth-order valence-electron chi connectivity index (χ4n) is 1.67. The van der Waals surface area contributed by atoms with E-state index >= 15 is 0 Å². The molecule has 2 heterocycles. The van der Waals surface area contributed by atoms with Gasteiger partial charge in [-0.2, -0.15) is 4.31 Å². The highest BCUT2D eigenvalue weighted by molar-refractivity contribution is 7.88. The van der Waals surface area contributed by atoms with Crippen LogP contribution in [0.3, 0.4) is 0 Å². The summed E-state index contributed by atoms with van der Waals surface area (Å²) in [5.74, 6) is 0.738. The SMILES string of the molecule is Cc1ncc2c(n1)CCN(S(C)(=O)=O)C2. The van der Waals surface area contributed by atoms with Gasteiger partial charge in [0.15, 0.2) is 0 Å². The van der Waals surface area contributed by atoms with E-state index in [-0.39, 0.29) is 0 Å². The zero-order chi connectivity index (χ0) is 11.1. The fourth-order valence-corrected chi connectivity index (χ4v) is 2.47. The van der Waals surface area contributed by atoms with E-state index < -0.39 is 10.0 Å². The number of aromatic nitrogens is 2. The summed E-state index contributed by atoms with van der Waals surface area (Å²) in [6, 6.07) is 0. The molecular weight excluding hydrogens is 214 g/mol. The minimum Gasteiger partial charge on any atom is -0.241 e. The van der Waals surface area contributed by atoms with E-state index in [1.165, 1.54) is 10.6 Å². The summed E-state index contributed by atoms with van der Waals surface area (Å²) in [4.78, 5) is 8.37. The van der Waals surface area contributed by atoms with Crippen molar-refractivity contribution in [3.8, 4) is 0 Å². The molecule has 0 saturated heterocycles. The lowest BCUT2D eigenvalue weighted by Gasteiger charge is -2.25. The summed E-state index contributed by atoms with van der Waals surface area (Å²) in [6.07, 6.45) is 3.62. The molecule has 1 aromatic rings. The molecule has 0 bridgehead atoms. The number of sulfonamides is 1. The lowest BCUT2D eigenvalue weighted by Crippen LogP contribution is -2.35. The number of hydrogen-bond donors (Lipinski definition) is 0. The molecule has 0 saturated carbocycles. The topological polar surface area (TPSA) is 63.2 Å². The van der Waals surface area contributed by atoms with Crippen molar-refractivity contribution in [3.05, 3.63) is 23.3 Å². The second kappa shape index (κ2) is 3.53. The molecule has 6 heteroatoms. The number of fused-ring (bicyclic) bond motifs is 1. The molecule has 0 fully saturated rings. The molecule has 0 aliphatic carbocycles. The van der Waals surface area contributed by atoms with Crippen LogP contribution in [0.5, 0.6) is 0 Å². The van der Waals surface area contributed by atoms with Gasteiger partial charge >= 0.3 is 0 Å². The van der Waals surface area contributed by atoms with Gasteiger partial charge in [-0.1, -0.05) is 0 Å². The quantitative estimate of drug-likeness (QED) is 0.682. The van der Waals surface area contributed by atoms with E-state index in [1.807, 2.05) is 6.92 Å². The van der Waals surface area contributed by atoms with Crippen LogP contribution in [0.1, 0.15) is 17.1 Å². The summed E-state index contributed by atoms with van der Waals surface area (Å²) in [6.45, 7) is 2.75. The molecule has 0 radical (unpaired) electrons. The van der Waals surface area contributed by atoms with Crippen LogP contribution in [0.15, 0.2) is 6.20 Å². The average molecular weight is 227 g/mol. The number of hydrogen-bond acceptors (Lipinski definition) is 4. The monoisotopic (exact) mass is 227 g/mol. The van der Waals surface area contributed by atoms with Crippen LogP contribution in [0.25, 0.3) is 0 Å². The molecule has 5 nitrogen and oxygen atoms in total. The van der Waals surface area contributed by atoms with Gasteiger partial charge in [0, 0.05) is 37.0 Å². The Morgan fingerprint density at radius 1 is 1.47 bits per heavy atom. The van der Waals surface area contributed by atoms with Crippen LogP contribution in [0, 0.1) is 6.92 Å². The van der Waals surface area contributed by atoms with E-state index in [0.717, 1.165) is 17.1 Å². The van der Waals surface area contributed by atoms with Crippen molar-refractivity contribution in [3.63, 3.8) is 0 Å². The smallest absolute Gasteiger partial charge is 0.211 e. The van der Waals surface area contributed by atoms with E-state index in [1.54, 1.807) is 6.20 Å². The Morgan fingerprint density at radius 2 is 2.20 bits per heavy atom. The Balaban J connectivity index is 2.32. The number of nitrogens with zero attached hydrogens (tertiary/aromatic N) is 3. The Hall–Kier alpha value is -1.01. The van der Waals surface area contributed by atoms with Gasteiger partial charge < -0.3 is 0 Å². The molecule has 0 aromatic carbocycles. The summed E-state index contributed by atoms with van der Waals surface area (Å²) < 4.78 is 24.1. The first-order valence-electron chi connectivity index (χ1n) is 4.73. The summed E-state index contributed by atoms with van der Waals surface area (Å²) in [7, 11) is -3.10. The van der Waals surface area contributed by atoms with Crippen molar-refractivity contribution in [2.24, 2.45) is 0 Å². The molecule has 1 aliphatic rings. The second-order valence-electron chi connectivity index (χ2n) is 3.74. The second-order valence-corrected chi connectivity index (χ2v) is 5.72. The minimum atomic E-state index is -3.10. The maximum atomic E-state index is 11.3. The first kappa shape index (κ1) is 10.5. The summed E-state index contributed by atoms with van der Waals surface area (Å²) in [5.41, 5.74) is 1.89. The Labute approximate surface area is 89.2 Å². The zero-order valence-corrected chi connectivity index (χ0v) is 9.58. The van der Waals surface area contributed by atoms with Crippen LogP contribution >= 0.6 is 0 Å². The van der Waals surface area contributed by atoms with Gasteiger partial charge in [0.25, 0.3) is 0 Å². The van der Waals surface area contributed by atoms with Gasteiger partial charge in [0.1, 0.15) is 5.82 Å². The standard InChI is InChI=1S/C9H13N3O2S/c1-7-10-5-8-6-12(15(2,13)14)4-3-9(8)11-7/h5H,3-4,6H2,1-2H3. The maximum absolute atomic E-state index is 11.3. The molecule has 0 amide bonds. The Kier molecular flexibility index (Phi) is 2.47. The van der Waals surface area contributed by atoms with Crippen molar-refractivity contribution in [1.29, 1.82) is 0 Å². The molecule has 15 heavy (non-hydrogen) atoms. The van der Waals surface area contributed by atoms with E-state index in [4.69, 9.17) is 0 Å². The third-order valence-electron chi connectivity index (χ3n) is 2.49. The molecular formula is C9H13N3O2S. The lowest BCUT2D eigenvalue weighted by atomic mass is 10.1. The highest BCUT2D eigenvalue weighted by atomic mass is 32.2. The molecule has 0 spiro atoms. The molecule has 0 atom stereocenters. The summed E-state index contributed by atoms with van der Waals surface area (Å²) >= 11 is 0. The van der Waals surface area contributed by atoms with Crippen molar-refractivity contribution < 1.29 is 8.42 Å². The van der Waals surface area contributed by atoms with Gasteiger partial charge in [-0.25, -0.2) is 18.4 Å². The van der Waals surface area contributed by atoms with Crippen molar-refractivity contribution in [1.82, 2.24) is 14.3 Å². The zero-order valence-electron chi connectivity index (χ0n) is 8.77. The predicted molar refractivity (Wildman–Crippen MR) is 55.7 cm³/mol. The van der Waals surface area contributed by atoms with Gasteiger partial charge in [-0.05, 0) is 6.92 Å². The minimum absolute atomic E-state index is 0.397. The summed E-state index contributed by atoms with van der Waals surface area (Å²) in [5, 5.41) is 0. The largest absolute Gasteiger partial charge is 0.241 e. The Morgan fingerprint density at radius 3 is 2.87 bits per heavy atom.